The number of carbonyl (C=O) groups excluding carboxylic acids is 2. The van der Waals surface area contributed by atoms with Crippen LogP contribution in [0.15, 0.2) is 53.6 Å². The number of aromatic hydroxyl groups is 1. The lowest BCUT2D eigenvalue weighted by Gasteiger charge is -2.54. The minimum absolute atomic E-state index is 0.0325. The second-order valence-electron chi connectivity index (χ2n) is 14.1. The number of benzene rings is 2. The Hall–Kier alpha value is -5.55. The second-order valence-corrected chi connectivity index (χ2v) is 14.5. The first-order valence-corrected chi connectivity index (χ1v) is 18.0. The Morgan fingerprint density at radius 3 is 2.31 bits per heavy atom. The van der Waals surface area contributed by atoms with Crippen LogP contribution in [0.1, 0.15) is 66.6 Å². The second kappa shape index (κ2) is 13.9. The van der Waals surface area contributed by atoms with Crippen LogP contribution < -0.4 is 15.6 Å². The van der Waals surface area contributed by atoms with Crippen molar-refractivity contribution in [3.63, 3.8) is 0 Å². The summed E-state index contributed by atoms with van der Waals surface area (Å²) in [5.74, 6) is -1.38. The first kappa shape index (κ1) is 37.8. The van der Waals surface area contributed by atoms with Crippen molar-refractivity contribution < 1.29 is 33.0 Å². The molecule has 2 aromatic carbocycles. The molecule has 0 unspecified atom stereocenters. The summed E-state index contributed by atoms with van der Waals surface area (Å²) in [6.07, 6.45) is -1.85. The van der Waals surface area contributed by atoms with Gasteiger partial charge in [-0.25, -0.2) is 9.97 Å². The predicted octanol–water partition coefficient (Wildman–Crippen LogP) is 4.98. The Morgan fingerprint density at radius 1 is 1.00 bits per heavy atom. The first-order chi connectivity index (χ1) is 26.0. The number of hydrogen-bond donors (Lipinski definition) is 3. The van der Waals surface area contributed by atoms with Crippen LogP contribution >= 0.6 is 11.6 Å². The van der Waals surface area contributed by atoms with E-state index in [0.717, 1.165) is 18.2 Å². The summed E-state index contributed by atoms with van der Waals surface area (Å²) in [4.78, 5) is 54.8. The first-order valence-electron chi connectivity index (χ1n) is 17.6. The highest BCUT2D eigenvalue weighted by atomic mass is 35.5. The van der Waals surface area contributed by atoms with Gasteiger partial charge >= 0.3 is 6.18 Å². The highest BCUT2D eigenvalue weighted by Crippen LogP contribution is 2.39. The average Bonchev–Trinajstić information content (AvgIpc) is 3.57. The van der Waals surface area contributed by atoms with Gasteiger partial charge in [-0.2, -0.15) is 13.2 Å². The van der Waals surface area contributed by atoms with E-state index in [1.807, 2.05) is 11.8 Å². The molecule has 1 saturated carbocycles. The topological polar surface area (TPSA) is 172 Å². The summed E-state index contributed by atoms with van der Waals surface area (Å²) in [7, 11) is 0. The summed E-state index contributed by atoms with van der Waals surface area (Å²) in [6.45, 7) is 6.74. The smallest absolute Gasteiger partial charge is 0.416 e. The number of rotatable bonds is 8. The maximum Gasteiger partial charge on any atom is 0.416 e. The molecule has 2 aliphatic rings. The van der Waals surface area contributed by atoms with E-state index >= 15 is 0 Å². The molecule has 1 saturated heterocycles. The molecule has 0 spiro atoms. The third kappa shape index (κ3) is 6.86. The standard InChI is InChI=1S/C37H37ClF3N9O5/c1-5-25-31(47-14-15-48(27-13-12-26(27)47)35(54)30-32(52)19(2)42-18-43-30)33(53)29-34(46-50(45-29)22-9-6-20(7-10-22)36(3,4)55)49(25)17-28(51)44-24-11-8-21(16-23(24)38)37(39,40)41/h6-11,16,18,26-27,52,55H,5,12-15,17H2,1-4H3,(H,44,51)/t26-,27-/m0/s1. The van der Waals surface area contributed by atoms with Crippen molar-refractivity contribution in [2.75, 3.05) is 23.3 Å². The number of carbonyl (C=O) groups is 2. The van der Waals surface area contributed by atoms with Crippen LogP contribution in [-0.2, 0) is 29.5 Å². The molecule has 288 valence electrons. The molecule has 2 amide bonds. The van der Waals surface area contributed by atoms with Gasteiger partial charge in [0, 0.05) is 24.8 Å². The zero-order valence-corrected chi connectivity index (χ0v) is 31.0. The highest BCUT2D eigenvalue weighted by molar-refractivity contribution is 6.33. The molecule has 5 aromatic rings. The van der Waals surface area contributed by atoms with Crippen LogP contribution in [0.5, 0.6) is 5.75 Å². The Kier molecular flexibility index (Phi) is 9.57. The number of aromatic nitrogens is 6. The molecule has 0 radical (unpaired) electrons. The number of nitrogens with one attached hydrogen (secondary N) is 1. The molecule has 1 aliphatic carbocycles. The quantitative estimate of drug-likeness (QED) is 0.195. The normalized spacial score (nSPS) is 17.3. The van der Waals surface area contributed by atoms with Gasteiger partial charge in [-0.1, -0.05) is 30.7 Å². The summed E-state index contributed by atoms with van der Waals surface area (Å²) >= 11 is 6.16. The number of fused-ring (bicyclic) bond motifs is 2. The van der Waals surface area contributed by atoms with Gasteiger partial charge in [-0.15, -0.1) is 15.0 Å². The van der Waals surface area contributed by atoms with Crippen molar-refractivity contribution >= 4 is 46.0 Å². The maximum atomic E-state index is 14.6. The van der Waals surface area contributed by atoms with Crippen molar-refractivity contribution in [3.05, 3.63) is 92.2 Å². The lowest BCUT2D eigenvalue weighted by atomic mass is 9.81. The summed E-state index contributed by atoms with van der Waals surface area (Å²) in [5, 5.41) is 32.5. The van der Waals surface area contributed by atoms with E-state index in [1.165, 1.54) is 11.1 Å². The van der Waals surface area contributed by atoms with Gasteiger partial charge in [0.25, 0.3) is 5.91 Å². The molecule has 3 N–H and O–H groups in total. The van der Waals surface area contributed by atoms with Gasteiger partial charge in [0.1, 0.15) is 18.6 Å². The zero-order chi connectivity index (χ0) is 39.6. The minimum Gasteiger partial charge on any atom is -0.504 e. The molecule has 0 bridgehead atoms. The molecule has 2 fully saturated rings. The molecule has 4 heterocycles. The van der Waals surface area contributed by atoms with E-state index in [2.05, 4.69) is 25.5 Å². The number of alkyl halides is 3. The SMILES string of the molecule is CCc1c(N2CCN(C(=O)c3ncnc(C)c3O)[C@H]3CC[C@@H]32)c(=O)c2nn(-c3ccc(C(C)(C)O)cc3)nc2n1CC(=O)Nc1ccc(C(F)(F)F)cc1Cl. The number of aliphatic hydroxyl groups is 1. The number of piperazine rings is 1. The van der Waals surface area contributed by atoms with E-state index in [9.17, 15) is 37.8 Å². The molecule has 1 aliphatic heterocycles. The molecule has 7 rings (SSSR count). The highest BCUT2D eigenvalue weighted by Gasteiger charge is 2.47. The van der Waals surface area contributed by atoms with Crippen molar-refractivity contribution in [1.29, 1.82) is 0 Å². The van der Waals surface area contributed by atoms with E-state index in [4.69, 9.17) is 11.6 Å². The minimum atomic E-state index is -4.63. The molecule has 2 atom stereocenters. The van der Waals surface area contributed by atoms with Gasteiger partial charge in [0.15, 0.2) is 22.6 Å². The van der Waals surface area contributed by atoms with Crippen molar-refractivity contribution in [1.82, 2.24) is 34.4 Å². The summed E-state index contributed by atoms with van der Waals surface area (Å²) in [5.41, 5.74) is -0.431. The third-order valence-electron chi connectivity index (χ3n) is 10.2. The number of amides is 2. The number of pyridine rings is 1. The fraction of sp³-hybridized carbons (Fsp3) is 0.378. The Morgan fingerprint density at radius 2 is 1.69 bits per heavy atom. The number of aryl methyl sites for hydroxylation is 1. The molecule has 18 heteroatoms. The number of anilines is 2. The number of nitrogens with zero attached hydrogens (tertiary/aromatic N) is 8. The third-order valence-corrected chi connectivity index (χ3v) is 10.5. The van der Waals surface area contributed by atoms with E-state index in [-0.39, 0.29) is 70.6 Å². The Labute approximate surface area is 317 Å². The molecular weight excluding hydrogens is 743 g/mol. The number of hydrogen-bond acceptors (Lipinski definition) is 10. The molecular formula is C37H37ClF3N9O5. The van der Waals surface area contributed by atoms with Gasteiger partial charge < -0.3 is 29.9 Å². The molecule has 14 nitrogen and oxygen atoms in total. The van der Waals surface area contributed by atoms with Crippen molar-refractivity contribution in [2.45, 2.75) is 77.4 Å². The van der Waals surface area contributed by atoms with E-state index in [1.54, 1.807) is 54.5 Å². The molecule has 3 aromatic heterocycles. The predicted molar refractivity (Wildman–Crippen MR) is 196 cm³/mol. The number of halogens is 4. The lowest BCUT2D eigenvalue weighted by Crippen LogP contribution is -2.67. The average molecular weight is 780 g/mol. The largest absolute Gasteiger partial charge is 0.504 e. The zero-order valence-electron chi connectivity index (χ0n) is 30.2. The van der Waals surface area contributed by atoms with Gasteiger partial charge in [-0.05, 0) is 75.9 Å². The van der Waals surface area contributed by atoms with E-state index in [0.29, 0.717) is 35.5 Å². The molecule has 55 heavy (non-hydrogen) atoms. The fourth-order valence-corrected chi connectivity index (χ4v) is 7.45. The van der Waals surface area contributed by atoms with Crippen LogP contribution in [0.25, 0.3) is 16.9 Å². The van der Waals surface area contributed by atoms with Crippen LogP contribution in [0.3, 0.4) is 0 Å². The van der Waals surface area contributed by atoms with Gasteiger partial charge in [-0.3, -0.25) is 14.4 Å². The van der Waals surface area contributed by atoms with E-state index < -0.39 is 41.1 Å². The van der Waals surface area contributed by atoms with Crippen molar-refractivity contribution in [2.24, 2.45) is 0 Å². The summed E-state index contributed by atoms with van der Waals surface area (Å²) < 4.78 is 41.4. The maximum absolute atomic E-state index is 14.6. The summed E-state index contributed by atoms with van der Waals surface area (Å²) in [6, 6.07) is 8.82. The fourth-order valence-electron chi connectivity index (χ4n) is 7.22. The van der Waals surface area contributed by atoms with Gasteiger partial charge in [0.05, 0.1) is 39.3 Å². The Balaban J connectivity index is 1.29. The van der Waals surface area contributed by atoms with Crippen LogP contribution in [0, 0.1) is 6.92 Å². The van der Waals surface area contributed by atoms with Crippen LogP contribution in [-0.4, -0.2) is 81.6 Å². The van der Waals surface area contributed by atoms with Crippen molar-refractivity contribution in [3.8, 4) is 11.4 Å². The Bertz CT molecular complexity index is 2390. The van der Waals surface area contributed by atoms with Crippen LogP contribution in [0.4, 0.5) is 24.5 Å². The van der Waals surface area contributed by atoms with Crippen LogP contribution in [0.2, 0.25) is 5.02 Å². The van der Waals surface area contributed by atoms with Gasteiger partial charge in [0.2, 0.25) is 11.3 Å². The monoisotopic (exact) mass is 779 g/mol. The lowest BCUT2D eigenvalue weighted by molar-refractivity contribution is -0.137.